The predicted molar refractivity (Wildman–Crippen MR) is 85.8 cm³/mol. The number of hydrogen-bond acceptors (Lipinski definition) is 3. The lowest BCUT2D eigenvalue weighted by molar-refractivity contribution is 0.239. The van der Waals surface area contributed by atoms with E-state index in [2.05, 4.69) is 14.9 Å². The molecule has 2 aliphatic rings. The van der Waals surface area contributed by atoms with Crippen LogP contribution < -0.4 is 5.56 Å². The first-order valence-electron chi connectivity index (χ1n) is 8.19. The van der Waals surface area contributed by atoms with E-state index in [1.54, 1.807) is 13.0 Å². The highest BCUT2D eigenvalue weighted by Gasteiger charge is 2.29. The molecule has 2 heterocycles. The molecule has 0 saturated heterocycles. The fraction of sp³-hybridized carbons (Fsp3) is 0.444. The van der Waals surface area contributed by atoms with Crippen molar-refractivity contribution in [2.45, 2.75) is 45.2 Å². The lowest BCUT2D eigenvalue weighted by Crippen LogP contribution is -2.35. The minimum atomic E-state index is -0.162. The molecule has 0 bridgehead atoms. The third kappa shape index (κ3) is 2.93. The summed E-state index contributed by atoms with van der Waals surface area (Å²) in [5, 5.41) is 0. The maximum Gasteiger partial charge on any atom is 0.254 e. The number of halogens is 1. The van der Waals surface area contributed by atoms with Crippen LogP contribution in [0.2, 0.25) is 0 Å². The summed E-state index contributed by atoms with van der Waals surface area (Å²) >= 11 is 0. The largest absolute Gasteiger partial charge is 0.310 e. The molecule has 120 valence electrons. The second-order valence-electron chi connectivity index (χ2n) is 6.69. The first-order valence-corrected chi connectivity index (χ1v) is 8.19. The SMILES string of the molecule is Cc1ccc(CN2CCc3c(nc(C4CC4)[nH]c3=O)C2)cc1F. The van der Waals surface area contributed by atoms with Crippen LogP contribution in [0, 0.1) is 12.7 Å². The van der Waals surface area contributed by atoms with E-state index in [4.69, 9.17) is 0 Å². The van der Waals surface area contributed by atoms with Gasteiger partial charge in [-0.1, -0.05) is 12.1 Å². The molecule has 5 heteroatoms. The Morgan fingerprint density at radius 2 is 2.22 bits per heavy atom. The van der Waals surface area contributed by atoms with Crippen molar-refractivity contribution in [1.29, 1.82) is 0 Å². The standard InChI is InChI=1S/C18H20FN3O/c1-11-2-3-12(8-15(11)19)9-22-7-6-14-16(10-22)20-17(13-4-5-13)21-18(14)23/h2-3,8,13H,4-7,9-10H2,1H3,(H,20,21,23). The number of aryl methyl sites for hydroxylation is 1. The van der Waals surface area contributed by atoms with Gasteiger partial charge in [0, 0.05) is 31.1 Å². The zero-order valence-electron chi connectivity index (χ0n) is 13.2. The average Bonchev–Trinajstić information content (AvgIpc) is 3.35. The molecule has 1 aliphatic heterocycles. The van der Waals surface area contributed by atoms with Crippen LogP contribution in [-0.2, 0) is 19.5 Å². The molecule has 0 atom stereocenters. The third-order valence-electron chi connectivity index (χ3n) is 4.78. The minimum absolute atomic E-state index is 0.0259. The van der Waals surface area contributed by atoms with Crippen molar-refractivity contribution in [3.63, 3.8) is 0 Å². The molecule has 1 N–H and O–H groups in total. The van der Waals surface area contributed by atoms with E-state index in [1.165, 1.54) is 0 Å². The number of rotatable bonds is 3. The topological polar surface area (TPSA) is 49.0 Å². The van der Waals surface area contributed by atoms with Crippen molar-refractivity contribution >= 4 is 0 Å². The normalized spacial score (nSPS) is 18.0. The molecular formula is C18H20FN3O. The van der Waals surface area contributed by atoms with Gasteiger partial charge in [-0.25, -0.2) is 9.37 Å². The van der Waals surface area contributed by atoms with Crippen LogP contribution in [0.4, 0.5) is 4.39 Å². The first-order chi connectivity index (χ1) is 11.1. The van der Waals surface area contributed by atoms with Gasteiger partial charge in [-0.3, -0.25) is 9.69 Å². The maximum atomic E-state index is 13.7. The van der Waals surface area contributed by atoms with Gasteiger partial charge in [-0.2, -0.15) is 0 Å². The Morgan fingerprint density at radius 1 is 1.39 bits per heavy atom. The Bertz CT molecular complexity index is 810. The highest BCUT2D eigenvalue weighted by Crippen LogP contribution is 2.37. The molecule has 1 aliphatic carbocycles. The summed E-state index contributed by atoms with van der Waals surface area (Å²) in [5.74, 6) is 1.12. The molecule has 0 radical (unpaired) electrons. The molecule has 0 amide bonds. The van der Waals surface area contributed by atoms with Gasteiger partial charge >= 0.3 is 0 Å². The lowest BCUT2D eigenvalue weighted by Gasteiger charge is -2.27. The summed E-state index contributed by atoms with van der Waals surface area (Å²) < 4.78 is 13.7. The van der Waals surface area contributed by atoms with Gasteiger partial charge in [0.15, 0.2) is 0 Å². The molecule has 1 aromatic heterocycles. The Labute approximate surface area is 134 Å². The molecule has 1 aromatic carbocycles. The second-order valence-corrected chi connectivity index (χ2v) is 6.69. The number of hydrogen-bond donors (Lipinski definition) is 1. The van der Waals surface area contributed by atoms with Crippen molar-refractivity contribution in [3.8, 4) is 0 Å². The number of aromatic amines is 1. The molecule has 1 fully saturated rings. The van der Waals surface area contributed by atoms with Crippen molar-refractivity contribution < 1.29 is 4.39 Å². The summed E-state index contributed by atoms with van der Waals surface area (Å²) in [6.45, 7) is 3.92. The van der Waals surface area contributed by atoms with Crippen LogP contribution in [0.3, 0.4) is 0 Å². The number of nitrogens with one attached hydrogen (secondary N) is 1. The van der Waals surface area contributed by atoms with Crippen LogP contribution >= 0.6 is 0 Å². The van der Waals surface area contributed by atoms with E-state index in [0.717, 1.165) is 42.0 Å². The molecule has 4 nitrogen and oxygen atoms in total. The van der Waals surface area contributed by atoms with Gasteiger partial charge in [0.2, 0.25) is 0 Å². The van der Waals surface area contributed by atoms with Gasteiger partial charge < -0.3 is 4.98 Å². The van der Waals surface area contributed by atoms with Crippen LogP contribution in [0.25, 0.3) is 0 Å². The summed E-state index contributed by atoms with van der Waals surface area (Å²) in [4.78, 5) is 22.1. The van der Waals surface area contributed by atoms with E-state index in [9.17, 15) is 9.18 Å². The Balaban J connectivity index is 1.55. The van der Waals surface area contributed by atoms with Crippen LogP contribution in [0.5, 0.6) is 0 Å². The lowest BCUT2D eigenvalue weighted by atomic mass is 10.0. The minimum Gasteiger partial charge on any atom is -0.310 e. The maximum absolute atomic E-state index is 13.7. The third-order valence-corrected chi connectivity index (χ3v) is 4.78. The van der Waals surface area contributed by atoms with E-state index in [1.807, 2.05) is 12.1 Å². The smallest absolute Gasteiger partial charge is 0.254 e. The summed E-state index contributed by atoms with van der Waals surface area (Å²) in [5.41, 5.74) is 3.37. The van der Waals surface area contributed by atoms with Crippen LogP contribution in [0.1, 0.15) is 47.0 Å². The molecule has 2 aromatic rings. The highest BCUT2D eigenvalue weighted by molar-refractivity contribution is 5.25. The summed E-state index contributed by atoms with van der Waals surface area (Å²) in [7, 11) is 0. The van der Waals surface area contributed by atoms with Crippen LogP contribution in [0.15, 0.2) is 23.0 Å². The molecule has 23 heavy (non-hydrogen) atoms. The number of benzene rings is 1. The molecule has 4 rings (SSSR count). The fourth-order valence-corrected chi connectivity index (χ4v) is 3.19. The second kappa shape index (κ2) is 5.57. The zero-order valence-corrected chi connectivity index (χ0v) is 13.2. The van der Waals surface area contributed by atoms with Crippen LogP contribution in [-0.4, -0.2) is 21.4 Å². The van der Waals surface area contributed by atoms with Crippen molar-refractivity contribution in [3.05, 3.63) is 62.6 Å². The van der Waals surface area contributed by atoms with Crippen molar-refractivity contribution in [2.24, 2.45) is 0 Å². The Kier molecular flexibility index (Phi) is 3.53. The number of fused-ring (bicyclic) bond motifs is 1. The predicted octanol–water partition coefficient (Wildman–Crippen LogP) is 2.65. The van der Waals surface area contributed by atoms with Gasteiger partial charge in [-0.05, 0) is 43.4 Å². The highest BCUT2D eigenvalue weighted by atomic mass is 19.1. The molecular weight excluding hydrogens is 293 g/mol. The Morgan fingerprint density at radius 3 is 2.96 bits per heavy atom. The number of aromatic nitrogens is 2. The number of nitrogens with zero attached hydrogens (tertiary/aromatic N) is 2. The van der Waals surface area contributed by atoms with E-state index in [-0.39, 0.29) is 11.4 Å². The van der Waals surface area contributed by atoms with Gasteiger partial charge in [0.1, 0.15) is 11.6 Å². The van der Waals surface area contributed by atoms with Gasteiger partial charge in [-0.15, -0.1) is 0 Å². The quantitative estimate of drug-likeness (QED) is 0.948. The van der Waals surface area contributed by atoms with Crippen molar-refractivity contribution in [1.82, 2.24) is 14.9 Å². The van der Waals surface area contributed by atoms with E-state index >= 15 is 0 Å². The van der Waals surface area contributed by atoms with E-state index < -0.39 is 0 Å². The van der Waals surface area contributed by atoms with Crippen molar-refractivity contribution in [2.75, 3.05) is 6.54 Å². The molecule has 0 unspecified atom stereocenters. The zero-order chi connectivity index (χ0) is 16.0. The van der Waals surface area contributed by atoms with Gasteiger partial charge in [0.05, 0.1) is 5.69 Å². The number of H-pyrrole nitrogens is 1. The summed E-state index contributed by atoms with van der Waals surface area (Å²) in [6.07, 6.45) is 2.94. The first kappa shape index (κ1) is 14.6. The Hall–Kier alpha value is -2.01. The molecule has 1 saturated carbocycles. The average molecular weight is 313 g/mol. The van der Waals surface area contributed by atoms with Gasteiger partial charge in [0.25, 0.3) is 5.56 Å². The van der Waals surface area contributed by atoms with E-state index in [0.29, 0.717) is 31.0 Å². The monoisotopic (exact) mass is 313 g/mol. The fourth-order valence-electron chi connectivity index (χ4n) is 3.19. The summed E-state index contributed by atoms with van der Waals surface area (Å²) in [6, 6.07) is 5.39. The molecule has 0 spiro atoms.